The molecule has 0 aromatic heterocycles. The maximum absolute atomic E-state index is 11.6. The second-order valence-electron chi connectivity index (χ2n) is 16.5. The minimum Gasteiger partial charge on any atom is -0.507 e. The second kappa shape index (κ2) is 16.3. The van der Waals surface area contributed by atoms with Crippen LogP contribution in [-0.4, -0.2) is 83.0 Å². The summed E-state index contributed by atoms with van der Waals surface area (Å²) in [4.78, 5) is 10.3. The molecule has 6 nitrogen and oxygen atoms in total. The van der Waals surface area contributed by atoms with Crippen LogP contribution in [0.4, 0.5) is 0 Å². The molecule has 1 aliphatic rings. The van der Waals surface area contributed by atoms with Crippen LogP contribution in [0.2, 0.25) is 0 Å². The third-order valence-corrected chi connectivity index (χ3v) is 11.7. The van der Waals surface area contributed by atoms with E-state index in [0.717, 1.165) is 109 Å². The van der Waals surface area contributed by atoms with E-state index in [1.807, 2.05) is 12.4 Å². The summed E-state index contributed by atoms with van der Waals surface area (Å²) in [7, 11) is 0. The summed E-state index contributed by atoms with van der Waals surface area (Å²) in [5.41, 5.74) is 5.97. The van der Waals surface area contributed by atoms with E-state index in [1.54, 1.807) is 0 Å². The maximum atomic E-state index is 11.6. The van der Waals surface area contributed by atoms with Gasteiger partial charge in [0, 0.05) is 34.7 Å². The van der Waals surface area contributed by atoms with Gasteiger partial charge in [0.1, 0.15) is 24.6 Å². The van der Waals surface area contributed by atoms with Gasteiger partial charge in [-0.05, 0) is 101 Å². The number of benzene rings is 2. The van der Waals surface area contributed by atoms with Crippen molar-refractivity contribution in [1.82, 2.24) is 0 Å². The van der Waals surface area contributed by atoms with Gasteiger partial charge in [0.25, 0.3) is 0 Å². The van der Waals surface area contributed by atoms with Crippen LogP contribution in [0.15, 0.2) is 34.3 Å². The van der Waals surface area contributed by atoms with Crippen molar-refractivity contribution in [2.45, 2.75) is 145 Å². The summed E-state index contributed by atoms with van der Waals surface area (Å²) in [6, 6.07) is 8.74. The van der Waals surface area contributed by atoms with Gasteiger partial charge in [-0.15, -0.1) is 0 Å². The maximum Gasteiger partial charge on any atom is 0.133 e. The molecule has 48 heavy (non-hydrogen) atoms. The third kappa shape index (κ3) is 9.50. The molecule has 0 bridgehead atoms. The lowest BCUT2D eigenvalue weighted by molar-refractivity contribution is -0.936. The lowest BCUT2D eigenvalue weighted by atomic mass is 9.84. The minimum atomic E-state index is -0.0462. The monoisotopic (exact) mass is 663 g/mol. The molecule has 1 aliphatic carbocycles. The number of quaternary nitrogens is 2. The molecule has 2 atom stereocenters. The van der Waals surface area contributed by atoms with Gasteiger partial charge in [-0.25, -0.2) is 0 Å². The van der Waals surface area contributed by atoms with Crippen LogP contribution >= 0.6 is 0 Å². The normalized spacial score (nSPS) is 18.3. The van der Waals surface area contributed by atoms with Crippen molar-refractivity contribution < 1.29 is 19.2 Å². The van der Waals surface area contributed by atoms with Crippen LogP contribution in [0.25, 0.3) is 0 Å². The first-order valence-corrected chi connectivity index (χ1v) is 19.0. The summed E-state index contributed by atoms with van der Waals surface area (Å²) < 4.78 is 1.88. The van der Waals surface area contributed by atoms with Gasteiger partial charge in [0.2, 0.25) is 0 Å². The van der Waals surface area contributed by atoms with E-state index in [0.29, 0.717) is 11.5 Å². The Balaban J connectivity index is 2.01. The van der Waals surface area contributed by atoms with Crippen LogP contribution in [0.1, 0.15) is 142 Å². The van der Waals surface area contributed by atoms with E-state index >= 15 is 0 Å². The Bertz CT molecular complexity index is 1280. The van der Waals surface area contributed by atoms with Crippen molar-refractivity contribution in [2.24, 2.45) is 9.98 Å². The Morgan fingerprint density at radius 2 is 0.896 bits per heavy atom. The molecule has 0 saturated heterocycles. The summed E-state index contributed by atoms with van der Waals surface area (Å²) in [5.74, 6) is 0.718. The number of phenolic OH excluding ortho intramolecular Hbond substituents is 2. The summed E-state index contributed by atoms with van der Waals surface area (Å²) >= 11 is 0. The standard InChI is InChI=1S/C42H68N4O2/c1-13-45(14-2,15-3)29-33-25-35(41(7,8)9)23-31(39(33)47)27-43-37-21-19-20-22-38(37)44-28-32-24-36(42(10,11)12)26-34(40(32)48)30-46(16-4,17-5)18-6/h23-28,37-38H,13-22,29-30H2,1-12H3/p+2/t37-,38?/m1/s1. The van der Waals surface area contributed by atoms with Gasteiger partial charge in [0.15, 0.2) is 0 Å². The molecule has 0 amide bonds. The largest absolute Gasteiger partial charge is 0.507 e. The number of hydrogen-bond acceptors (Lipinski definition) is 4. The average Bonchev–Trinajstić information content (AvgIpc) is 3.06. The van der Waals surface area contributed by atoms with E-state index in [-0.39, 0.29) is 22.9 Å². The van der Waals surface area contributed by atoms with Gasteiger partial charge in [-0.3, -0.25) is 9.98 Å². The van der Waals surface area contributed by atoms with Gasteiger partial charge in [0.05, 0.1) is 51.4 Å². The fourth-order valence-corrected chi connectivity index (χ4v) is 7.27. The predicted molar refractivity (Wildman–Crippen MR) is 206 cm³/mol. The Labute approximate surface area is 294 Å². The average molecular weight is 663 g/mol. The van der Waals surface area contributed by atoms with Gasteiger partial charge >= 0.3 is 0 Å². The topological polar surface area (TPSA) is 65.2 Å². The Hall–Kier alpha value is -2.70. The number of aliphatic imine (C=N–C) groups is 2. The lowest BCUT2D eigenvalue weighted by Gasteiger charge is -2.36. The SMILES string of the molecule is CC[N+](CC)(CC)Cc1cc(C(C)(C)C)cc(C=NC2CCCC[C@H]2N=Cc2cc(C(C)(C)C)cc(C[N+](CC)(CC)CC)c2O)c1O. The number of hydrogen-bond donors (Lipinski definition) is 2. The van der Waals surface area contributed by atoms with Gasteiger partial charge in [-0.1, -0.05) is 54.4 Å². The number of aromatic hydroxyl groups is 2. The van der Waals surface area contributed by atoms with Crippen molar-refractivity contribution in [1.29, 1.82) is 0 Å². The summed E-state index contributed by atoms with van der Waals surface area (Å²) in [5, 5.41) is 23.2. The zero-order valence-electron chi connectivity index (χ0n) is 32.8. The highest BCUT2D eigenvalue weighted by Crippen LogP contribution is 2.35. The molecule has 6 heteroatoms. The Kier molecular flexibility index (Phi) is 13.5. The highest BCUT2D eigenvalue weighted by Gasteiger charge is 2.29. The fraction of sp³-hybridized carbons (Fsp3) is 0.667. The molecule has 0 spiro atoms. The fourth-order valence-electron chi connectivity index (χ4n) is 7.27. The lowest BCUT2D eigenvalue weighted by Crippen LogP contribution is -2.46. The molecule has 2 N–H and O–H groups in total. The van der Waals surface area contributed by atoms with Gasteiger partial charge < -0.3 is 19.2 Å². The second-order valence-corrected chi connectivity index (χ2v) is 16.5. The molecule has 0 heterocycles. The van der Waals surface area contributed by atoms with E-state index < -0.39 is 0 Å². The van der Waals surface area contributed by atoms with Crippen LogP contribution in [0.5, 0.6) is 11.5 Å². The van der Waals surface area contributed by atoms with Crippen LogP contribution < -0.4 is 0 Å². The molecule has 2 aromatic rings. The summed E-state index contributed by atoms with van der Waals surface area (Å²) in [6.07, 6.45) is 8.01. The zero-order chi connectivity index (χ0) is 35.9. The quantitative estimate of drug-likeness (QED) is 0.156. The van der Waals surface area contributed by atoms with Crippen molar-refractivity contribution in [2.75, 3.05) is 39.3 Å². The van der Waals surface area contributed by atoms with E-state index in [1.165, 1.54) is 11.1 Å². The number of rotatable bonds is 14. The molecule has 1 fully saturated rings. The molecule has 0 radical (unpaired) electrons. The molecular weight excluding hydrogens is 592 g/mol. The first-order valence-electron chi connectivity index (χ1n) is 19.0. The predicted octanol–water partition coefficient (Wildman–Crippen LogP) is 9.30. The minimum absolute atomic E-state index is 0.0324. The van der Waals surface area contributed by atoms with E-state index in [4.69, 9.17) is 9.98 Å². The Morgan fingerprint density at radius 1 is 0.583 bits per heavy atom. The molecule has 1 unspecified atom stereocenters. The van der Waals surface area contributed by atoms with Crippen molar-refractivity contribution >= 4 is 12.4 Å². The number of nitrogens with zero attached hydrogens (tertiary/aromatic N) is 4. The van der Waals surface area contributed by atoms with Crippen molar-refractivity contribution in [3.8, 4) is 11.5 Å². The zero-order valence-corrected chi connectivity index (χ0v) is 32.8. The highest BCUT2D eigenvalue weighted by atomic mass is 16.3. The molecule has 2 aromatic carbocycles. The van der Waals surface area contributed by atoms with Crippen LogP contribution in [-0.2, 0) is 23.9 Å². The third-order valence-electron chi connectivity index (χ3n) is 11.7. The van der Waals surface area contributed by atoms with E-state index in [2.05, 4.69) is 107 Å². The Morgan fingerprint density at radius 3 is 1.17 bits per heavy atom. The molecule has 0 aliphatic heterocycles. The van der Waals surface area contributed by atoms with E-state index in [9.17, 15) is 10.2 Å². The first-order chi connectivity index (χ1) is 22.5. The summed E-state index contributed by atoms with van der Waals surface area (Å²) in [6.45, 7) is 34.7. The molecule has 3 rings (SSSR count). The van der Waals surface area contributed by atoms with Crippen molar-refractivity contribution in [3.05, 3.63) is 57.6 Å². The molecule has 1 saturated carbocycles. The van der Waals surface area contributed by atoms with Gasteiger partial charge in [-0.2, -0.15) is 0 Å². The van der Waals surface area contributed by atoms with Crippen molar-refractivity contribution in [3.63, 3.8) is 0 Å². The molecular formula is C42H70N4O2+2. The highest BCUT2D eigenvalue weighted by molar-refractivity contribution is 5.86. The number of phenols is 2. The van der Waals surface area contributed by atoms with Crippen LogP contribution in [0, 0.1) is 0 Å². The smallest absolute Gasteiger partial charge is 0.133 e. The first kappa shape index (κ1) is 39.7. The van der Waals surface area contributed by atoms with Crippen LogP contribution in [0.3, 0.4) is 0 Å². The molecule has 268 valence electrons.